The Kier molecular flexibility index (Phi) is 3.79. The topological polar surface area (TPSA) is 26.5 Å². The van der Waals surface area contributed by atoms with Gasteiger partial charge in [0.15, 0.2) is 5.75 Å². The highest BCUT2D eigenvalue weighted by atomic mass is 79.9. The summed E-state index contributed by atoms with van der Waals surface area (Å²) in [5.41, 5.74) is 0.107. The van der Waals surface area contributed by atoms with E-state index < -0.39 is 11.7 Å². The van der Waals surface area contributed by atoms with Crippen LogP contribution in [0.15, 0.2) is 41.1 Å². The van der Waals surface area contributed by atoms with Gasteiger partial charge in [-0.1, -0.05) is 6.07 Å². The summed E-state index contributed by atoms with van der Waals surface area (Å²) in [6.07, 6.45) is -1.54. The van der Waals surface area contributed by atoms with Gasteiger partial charge in [-0.25, -0.2) is 4.98 Å². The molecule has 0 spiro atoms. The van der Waals surface area contributed by atoms with Crippen molar-refractivity contribution in [1.82, 2.24) is 9.38 Å². The molecule has 2 heterocycles. The zero-order chi connectivity index (χ0) is 16.8. The normalized spacial score (nSPS) is 11.9. The molecule has 8 heteroatoms. The van der Waals surface area contributed by atoms with Crippen molar-refractivity contribution in [1.29, 1.82) is 0 Å². The zero-order valence-corrected chi connectivity index (χ0v) is 13.2. The van der Waals surface area contributed by atoms with E-state index in [1.54, 1.807) is 13.0 Å². The standard InChI is InChI=1S/C15H9BrF4N2O/c1-8-6-22-7-10(4-11(14(22)21-8)15(17,18)19)9-2-3-12(16)13(5-9)23-20/h2-7H,1H3. The van der Waals surface area contributed by atoms with Crippen molar-refractivity contribution >= 4 is 21.6 Å². The molecule has 0 bridgehead atoms. The Hall–Kier alpha value is -2.09. The fourth-order valence-corrected chi connectivity index (χ4v) is 2.64. The van der Waals surface area contributed by atoms with Crippen LogP contribution < -0.4 is 4.94 Å². The number of pyridine rings is 1. The van der Waals surface area contributed by atoms with Crippen LogP contribution in [-0.4, -0.2) is 9.38 Å². The number of hydrogen-bond donors (Lipinski definition) is 0. The Labute approximate surface area is 136 Å². The fraction of sp³-hybridized carbons (Fsp3) is 0.133. The van der Waals surface area contributed by atoms with Crippen molar-refractivity contribution < 1.29 is 22.6 Å². The van der Waals surface area contributed by atoms with Crippen molar-refractivity contribution in [2.24, 2.45) is 0 Å². The summed E-state index contributed by atoms with van der Waals surface area (Å²) >= 11 is 3.09. The summed E-state index contributed by atoms with van der Waals surface area (Å²) in [4.78, 5) is 7.62. The molecular weight excluding hydrogens is 380 g/mol. The summed E-state index contributed by atoms with van der Waals surface area (Å²) in [6, 6.07) is 5.38. The summed E-state index contributed by atoms with van der Waals surface area (Å²) in [7, 11) is 0. The maximum Gasteiger partial charge on any atom is 0.420 e. The Bertz CT molecular complexity index is 889. The molecule has 2 aromatic heterocycles. The lowest BCUT2D eigenvalue weighted by molar-refractivity contribution is -0.136. The Morgan fingerprint density at radius 3 is 2.52 bits per heavy atom. The van der Waals surface area contributed by atoms with Crippen molar-refractivity contribution in [2.45, 2.75) is 13.1 Å². The predicted octanol–water partition coefficient (Wildman–Crippen LogP) is 5.35. The molecule has 23 heavy (non-hydrogen) atoms. The largest absolute Gasteiger partial charge is 0.420 e. The number of imidazole rings is 1. The van der Waals surface area contributed by atoms with Gasteiger partial charge < -0.3 is 4.40 Å². The molecule has 1 aromatic carbocycles. The Morgan fingerprint density at radius 2 is 1.87 bits per heavy atom. The number of alkyl halides is 3. The van der Waals surface area contributed by atoms with Crippen LogP contribution in [0.4, 0.5) is 17.7 Å². The third kappa shape index (κ3) is 2.90. The van der Waals surface area contributed by atoms with Crippen LogP contribution in [0.25, 0.3) is 16.8 Å². The number of aromatic nitrogens is 2. The van der Waals surface area contributed by atoms with Crippen LogP contribution in [0, 0.1) is 6.92 Å². The first-order valence-electron chi connectivity index (χ1n) is 6.44. The molecule has 3 nitrogen and oxygen atoms in total. The molecule has 0 radical (unpaired) electrons. The fourth-order valence-electron chi connectivity index (χ4n) is 2.33. The van der Waals surface area contributed by atoms with Crippen LogP contribution in [0.5, 0.6) is 5.75 Å². The highest BCUT2D eigenvalue weighted by Crippen LogP contribution is 2.37. The lowest BCUT2D eigenvalue weighted by Crippen LogP contribution is -2.08. The van der Waals surface area contributed by atoms with Crippen LogP contribution in [0.2, 0.25) is 0 Å². The molecule has 120 valence electrons. The van der Waals surface area contributed by atoms with E-state index in [2.05, 4.69) is 25.9 Å². The smallest absolute Gasteiger partial charge is 0.306 e. The van der Waals surface area contributed by atoms with E-state index in [0.29, 0.717) is 15.7 Å². The number of benzene rings is 1. The van der Waals surface area contributed by atoms with Crippen LogP contribution >= 0.6 is 15.9 Å². The monoisotopic (exact) mass is 388 g/mol. The molecule has 0 atom stereocenters. The minimum absolute atomic E-state index is 0.113. The lowest BCUT2D eigenvalue weighted by Gasteiger charge is -2.12. The average Bonchev–Trinajstić information content (AvgIpc) is 2.85. The minimum atomic E-state index is -4.55. The number of fused-ring (bicyclic) bond motifs is 1. The second kappa shape index (κ2) is 5.52. The van der Waals surface area contributed by atoms with Gasteiger partial charge in [-0.05, 0) is 52.2 Å². The third-order valence-corrected chi connectivity index (χ3v) is 3.98. The average molecular weight is 389 g/mol. The molecule has 0 aliphatic carbocycles. The first-order chi connectivity index (χ1) is 10.8. The molecule has 0 amide bonds. The van der Waals surface area contributed by atoms with E-state index >= 15 is 0 Å². The van der Waals surface area contributed by atoms with Gasteiger partial charge in [0.25, 0.3) is 0 Å². The SMILES string of the molecule is Cc1cn2cc(-c3ccc(Br)c(OF)c3)cc(C(F)(F)F)c2n1. The van der Waals surface area contributed by atoms with Gasteiger partial charge in [0.1, 0.15) is 5.65 Å². The van der Waals surface area contributed by atoms with Gasteiger partial charge in [0.05, 0.1) is 15.7 Å². The molecule has 0 fully saturated rings. The number of rotatable bonds is 2. The molecule has 3 aromatic rings. The minimum Gasteiger partial charge on any atom is -0.306 e. The van der Waals surface area contributed by atoms with E-state index in [0.717, 1.165) is 6.07 Å². The number of halogens is 5. The van der Waals surface area contributed by atoms with Crippen LogP contribution in [0.1, 0.15) is 11.3 Å². The summed E-state index contributed by atoms with van der Waals surface area (Å²) < 4.78 is 54.0. The first kappa shape index (κ1) is 15.8. The summed E-state index contributed by atoms with van der Waals surface area (Å²) in [6.45, 7) is 1.61. The van der Waals surface area contributed by atoms with E-state index in [1.165, 1.54) is 28.9 Å². The molecule has 0 aliphatic rings. The van der Waals surface area contributed by atoms with Crippen molar-refractivity contribution in [2.75, 3.05) is 0 Å². The molecule has 0 saturated carbocycles. The Balaban J connectivity index is 2.26. The highest BCUT2D eigenvalue weighted by molar-refractivity contribution is 9.10. The molecule has 0 N–H and O–H groups in total. The molecule has 0 unspecified atom stereocenters. The van der Waals surface area contributed by atoms with E-state index in [1.807, 2.05) is 0 Å². The number of hydrogen-bond acceptors (Lipinski definition) is 2. The molecule has 0 aliphatic heterocycles. The van der Waals surface area contributed by atoms with E-state index in [9.17, 15) is 17.7 Å². The number of aryl methyl sites for hydroxylation is 1. The lowest BCUT2D eigenvalue weighted by atomic mass is 10.1. The van der Waals surface area contributed by atoms with Crippen molar-refractivity contribution in [3.63, 3.8) is 0 Å². The number of nitrogens with zero attached hydrogens (tertiary/aromatic N) is 2. The van der Waals surface area contributed by atoms with Crippen LogP contribution in [0.3, 0.4) is 0 Å². The van der Waals surface area contributed by atoms with E-state index in [4.69, 9.17) is 0 Å². The second-order valence-electron chi connectivity index (χ2n) is 4.98. The summed E-state index contributed by atoms with van der Waals surface area (Å²) in [5.74, 6) is -0.113. The maximum atomic E-state index is 13.3. The van der Waals surface area contributed by atoms with Gasteiger partial charge >= 0.3 is 6.18 Å². The predicted molar refractivity (Wildman–Crippen MR) is 79.8 cm³/mol. The van der Waals surface area contributed by atoms with Gasteiger partial charge in [0, 0.05) is 16.9 Å². The molecular formula is C15H9BrF4N2O. The van der Waals surface area contributed by atoms with Crippen molar-refractivity contribution in [3.05, 3.63) is 52.4 Å². The third-order valence-electron chi connectivity index (χ3n) is 3.32. The van der Waals surface area contributed by atoms with Gasteiger partial charge in [0.2, 0.25) is 0 Å². The zero-order valence-electron chi connectivity index (χ0n) is 11.7. The Morgan fingerprint density at radius 1 is 1.13 bits per heavy atom. The van der Waals surface area contributed by atoms with Gasteiger partial charge in [-0.3, -0.25) is 4.94 Å². The second-order valence-corrected chi connectivity index (χ2v) is 5.83. The van der Waals surface area contributed by atoms with Crippen molar-refractivity contribution in [3.8, 4) is 16.9 Å². The summed E-state index contributed by atoms with van der Waals surface area (Å²) in [5, 5.41) is 0. The maximum absolute atomic E-state index is 13.3. The van der Waals surface area contributed by atoms with Gasteiger partial charge in [-0.2, -0.15) is 13.2 Å². The first-order valence-corrected chi connectivity index (χ1v) is 7.24. The van der Waals surface area contributed by atoms with Gasteiger partial charge in [-0.15, -0.1) is 0 Å². The quantitative estimate of drug-likeness (QED) is 0.552. The molecule has 3 rings (SSSR count). The van der Waals surface area contributed by atoms with E-state index in [-0.39, 0.29) is 17.0 Å². The highest BCUT2D eigenvalue weighted by Gasteiger charge is 2.34. The van der Waals surface area contributed by atoms with Crippen LogP contribution in [-0.2, 0) is 6.18 Å². The molecule has 0 saturated heterocycles.